The maximum Gasteiger partial charge on any atom is 0.255 e. The van der Waals surface area contributed by atoms with Crippen molar-refractivity contribution in [1.29, 1.82) is 0 Å². The molecule has 0 aliphatic carbocycles. The Balaban J connectivity index is 0.00000121. The van der Waals surface area contributed by atoms with Crippen molar-refractivity contribution in [2.75, 3.05) is 0 Å². The minimum atomic E-state index is -0.678. The molecule has 0 atom stereocenters. The largest absolute Gasteiger partial charge is 0.275 e. The summed E-state index contributed by atoms with van der Waals surface area (Å²) >= 11 is 16.3. The molecule has 0 unspecified atom stereocenters. The summed E-state index contributed by atoms with van der Waals surface area (Å²) in [6.07, 6.45) is 2.62. The summed E-state index contributed by atoms with van der Waals surface area (Å²) in [4.78, 5) is 14.3. The topological polar surface area (TPSA) is 30.0 Å². The Kier molecular flexibility index (Phi) is 4.87. The van der Waals surface area contributed by atoms with Gasteiger partial charge in [-0.15, -0.1) is 12.4 Å². The van der Waals surface area contributed by atoms with Gasteiger partial charge >= 0.3 is 0 Å². The predicted molar refractivity (Wildman–Crippen MR) is 51.7 cm³/mol. The van der Waals surface area contributed by atoms with Crippen LogP contribution in [0.15, 0.2) is 12.4 Å². The second-order valence-corrected chi connectivity index (χ2v) is 2.91. The van der Waals surface area contributed by atoms with Crippen LogP contribution in [0.4, 0.5) is 0 Å². The first-order valence-electron chi connectivity index (χ1n) is 2.61. The molecule has 6 heteroatoms. The maximum atomic E-state index is 10.7. The molecule has 0 N–H and O–H groups in total. The molecule has 0 radical (unpaired) electrons. The van der Waals surface area contributed by atoms with Crippen molar-refractivity contribution in [2.45, 2.75) is 0 Å². The Morgan fingerprint density at radius 1 is 1.25 bits per heavy atom. The molecule has 1 aromatic rings. The van der Waals surface area contributed by atoms with E-state index in [9.17, 15) is 4.79 Å². The van der Waals surface area contributed by atoms with E-state index in [0.717, 1.165) is 0 Å². The zero-order valence-corrected chi connectivity index (χ0v) is 8.64. The molecule has 66 valence electrons. The standard InChI is InChI=1S/C6H2Cl3NO.ClH/c7-3-1-10-2-4(8)5(3)6(9)11;/h1-2H;1H. The van der Waals surface area contributed by atoms with Crippen molar-refractivity contribution < 1.29 is 4.79 Å². The lowest BCUT2D eigenvalue weighted by Gasteiger charge is -1.98. The molecule has 0 aromatic carbocycles. The first kappa shape index (κ1) is 12.0. The fourth-order valence-corrected chi connectivity index (χ4v) is 1.44. The molecule has 0 saturated carbocycles. The zero-order chi connectivity index (χ0) is 8.43. The molecule has 1 aromatic heterocycles. The number of nitrogens with zero attached hydrogens (tertiary/aromatic N) is 1. The lowest BCUT2D eigenvalue weighted by Crippen LogP contribution is -1.92. The van der Waals surface area contributed by atoms with E-state index < -0.39 is 5.24 Å². The Hall–Kier alpha value is -0.0200. The number of carbonyl (C=O) groups is 1. The van der Waals surface area contributed by atoms with E-state index >= 15 is 0 Å². The molecule has 0 spiro atoms. The van der Waals surface area contributed by atoms with Gasteiger partial charge in [0, 0.05) is 12.4 Å². The summed E-state index contributed by atoms with van der Waals surface area (Å²) in [7, 11) is 0. The first-order chi connectivity index (χ1) is 5.13. The summed E-state index contributed by atoms with van der Waals surface area (Å²) < 4.78 is 0. The van der Waals surface area contributed by atoms with Crippen LogP contribution in [0.25, 0.3) is 0 Å². The highest BCUT2D eigenvalue weighted by Gasteiger charge is 2.11. The van der Waals surface area contributed by atoms with E-state index in [1.165, 1.54) is 12.4 Å². The van der Waals surface area contributed by atoms with Gasteiger partial charge in [0.25, 0.3) is 5.24 Å². The Bertz CT molecular complexity index is 281. The fourth-order valence-electron chi connectivity index (χ4n) is 0.599. The van der Waals surface area contributed by atoms with Crippen molar-refractivity contribution >= 4 is 52.5 Å². The summed E-state index contributed by atoms with van der Waals surface area (Å²) in [6.45, 7) is 0. The van der Waals surface area contributed by atoms with Crippen LogP contribution < -0.4 is 0 Å². The summed E-state index contributed by atoms with van der Waals surface area (Å²) in [5, 5.41) is -0.350. The second kappa shape index (κ2) is 4.87. The van der Waals surface area contributed by atoms with E-state index in [-0.39, 0.29) is 28.0 Å². The number of rotatable bonds is 1. The molecule has 0 bridgehead atoms. The molecule has 0 fully saturated rings. The first-order valence-corrected chi connectivity index (χ1v) is 3.75. The van der Waals surface area contributed by atoms with Gasteiger partial charge in [0.2, 0.25) is 0 Å². The summed E-state index contributed by atoms with van der Waals surface area (Å²) in [5.74, 6) is 0. The Morgan fingerprint density at radius 2 is 1.67 bits per heavy atom. The van der Waals surface area contributed by atoms with Crippen molar-refractivity contribution in [3.63, 3.8) is 0 Å². The van der Waals surface area contributed by atoms with Gasteiger partial charge in [0.15, 0.2) is 0 Å². The van der Waals surface area contributed by atoms with Crippen LogP contribution in [0.1, 0.15) is 10.4 Å². The van der Waals surface area contributed by atoms with Crippen molar-refractivity contribution in [1.82, 2.24) is 4.98 Å². The summed E-state index contributed by atoms with van der Waals surface area (Å²) in [5.41, 5.74) is 0.102. The minimum absolute atomic E-state index is 0. The van der Waals surface area contributed by atoms with Crippen LogP contribution >= 0.6 is 47.2 Å². The number of pyridine rings is 1. The van der Waals surface area contributed by atoms with Crippen LogP contribution in [-0.2, 0) is 0 Å². The third-order valence-corrected chi connectivity index (χ3v) is 1.81. The van der Waals surface area contributed by atoms with E-state index in [1.54, 1.807) is 0 Å². The quantitative estimate of drug-likeness (QED) is 0.713. The molecular formula is C6H3Cl4NO. The molecule has 0 aliphatic rings. The third kappa shape index (κ3) is 2.49. The van der Waals surface area contributed by atoms with E-state index in [2.05, 4.69) is 4.98 Å². The lowest BCUT2D eigenvalue weighted by atomic mass is 10.3. The molecular weight excluding hydrogens is 244 g/mol. The van der Waals surface area contributed by atoms with Crippen LogP contribution in [0.2, 0.25) is 10.0 Å². The van der Waals surface area contributed by atoms with E-state index in [0.29, 0.717) is 0 Å². The Labute approximate surface area is 90.2 Å². The van der Waals surface area contributed by atoms with Crippen LogP contribution in [-0.4, -0.2) is 10.2 Å². The SMILES string of the molecule is Cl.O=C(Cl)c1c(Cl)cncc1Cl. The number of hydrogen-bond acceptors (Lipinski definition) is 2. The van der Waals surface area contributed by atoms with Crippen LogP contribution in [0.3, 0.4) is 0 Å². The monoisotopic (exact) mass is 245 g/mol. The molecule has 0 saturated heterocycles. The number of halogens is 4. The van der Waals surface area contributed by atoms with Crippen molar-refractivity contribution in [3.8, 4) is 0 Å². The zero-order valence-electron chi connectivity index (χ0n) is 5.55. The number of aromatic nitrogens is 1. The van der Waals surface area contributed by atoms with E-state index in [4.69, 9.17) is 34.8 Å². The van der Waals surface area contributed by atoms with Gasteiger partial charge in [-0.3, -0.25) is 9.78 Å². The van der Waals surface area contributed by atoms with Crippen LogP contribution in [0.5, 0.6) is 0 Å². The maximum absolute atomic E-state index is 10.7. The minimum Gasteiger partial charge on any atom is -0.275 e. The normalized spacial score (nSPS) is 8.92. The molecule has 12 heavy (non-hydrogen) atoms. The van der Waals surface area contributed by atoms with Gasteiger partial charge in [-0.2, -0.15) is 0 Å². The van der Waals surface area contributed by atoms with Gasteiger partial charge in [0.1, 0.15) is 0 Å². The highest BCUT2D eigenvalue weighted by atomic mass is 35.5. The lowest BCUT2D eigenvalue weighted by molar-refractivity contribution is 0.108. The third-order valence-electron chi connectivity index (χ3n) is 1.05. The van der Waals surface area contributed by atoms with Gasteiger partial charge < -0.3 is 0 Å². The number of hydrogen-bond donors (Lipinski definition) is 0. The van der Waals surface area contributed by atoms with Gasteiger partial charge in [-0.25, -0.2) is 0 Å². The van der Waals surface area contributed by atoms with Gasteiger partial charge in [-0.1, -0.05) is 23.2 Å². The van der Waals surface area contributed by atoms with Gasteiger partial charge in [-0.05, 0) is 11.6 Å². The molecule has 1 heterocycles. The Morgan fingerprint density at radius 3 is 1.92 bits per heavy atom. The molecule has 1 rings (SSSR count). The predicted octanol–water partition coefficient (Wildman–Crippen LogP) is 3.19. The average Bonchev–Trinajstić information content (AvgIpc) is 1.85. The summed E-state index contributed by atoms with van der Waals surface area (Å²) in [6, 6.07) is 0. The highest BCUT2D eigenvalue weighted by Crippen LogP contribution is 2.23. The molecule has 0 amide bonds. The number of carbonyl (C=O) groups excluding carboxylic acids is 1. The van der Waals surface area contributed by atoms with Crippen LogP contribution in [0, 0.1) is 0 Å². The highest BCUT2D eigenvalue weighted by molar-refractivity contribution is 6.69. The second-order valence-electron chi connectivity index (χ2n) is 1.75. The average molecular weight is 247 g/mol. The van der Waals surface area contributed by atoms with Crippen molar-refractivity contribution in [2.24, 2.45) is 0 Å². The van der Waals surface area contributed by atoms with Gasteiger partial charge in [0.05, 0.1) is 15.6 Å². The smallest absolute Gasteiger partial charge is 0.255 e. The van der Waals surface area contributed by atoms with Crippen molar-refractivity contribution in [3.05, 3.63) is 28.0 Å². The molecule has 0 aliphatic heterocycles. The van der Waals surface area contributed by atoms with E-state index in [1.807, 2.05) is 0 Å². The molecule has 2 nitrogen and oxygen atoms in total. The fraction of sp³-hybridized carbons (Fsp3) is 0.